The number of nitrogens with one attached hydrogen (secondary N) is 1. The topological polar surface area (TPSA) is 68.3 Å². The van der Waals surface area contributed by atoms with Crippen molar-refractivity contribution in [3.05, 3.63) is 16.1 Å². The molecular formula is C15H18N2O3S. The molecule has 1 amide bonds. The summed E-state index contributed by atoms with van der Waals surface area (Å²) >= 11 is 1.16. The molecule has 5 nitrogen and oxygen atoms in total. The van der Waals surface area contributed by atoms with Crippen LogP contribution in [0.2, 0.25) is 0 Å². The fourth-order valence-corrected chi connectivity index (χ4v) is 5.10. The molecule has 1 aromatic rings. The number of esters is 1. The van der Waals surface area contributed by atoms with E-state index in [0.717, 1.165) is 23.2 Å². The minimum Gasteiger partial charge on any atom is -0.461 e. The third-order valence-electron chi connectivity index (χ3n) is 5.22. The maximum Gasteiger partial charge on any atom is 0.367 e. The van der Waals surface area contributed by atoms with Crippen molar-refractivity contribution in [1.29, 1.82) is 0 Å². The molecule has 0 aromatic carbocycles. The number of thiazole rings is 1. The third-order valence-corrected chi connectivity index (χ3v) is 6.04. The molecule has 4 unspecified atom stereocenters. The van der Waals surface area contributed by atoms with Gasteiger partial charge < -0.3 is 10.1 Å². The van der Waals surface area contributed by atoms with E-state index in [2.05, 4.69) is 10.3 Å². The Bertz CT molecular complexity index is 583. The monoisotopic (exact) mass is 306 g/mol. The number of nitrogens with zero attached hydrogens (tertiary/aromatic N) is 1. The van der Waals surface area contributed by atoms with E-state index in [-0.39, 0.29) is 10.9 Å². The number of fused-ring (bicyclic) bond motifs is 5. The zero-order valence-corrected chi connectivity index (χ0v) is 12.7. The van der Waals surface area contributed by atoms with Crippen LogP contribution in [0.3, 0.4) is 0 Å². The van der Waals surface area contributed by atoms with E-state index in [1.165, 1.54) is 19.3 Å². The molecule has 4 atom stereocenters. The molecule has 1 heterocycles. The molecule has 2 bridgehead atoms. The van der Waals surface area contributed by atoms with Crippen LogP contribution in [0.4, 0.5) is 0 Å². The quantitative estimate of drug-likeness (QED) is 0.865. The average molecular weight is 306 g/mol. The van der Waals surface area contributed by atoms with E-state index >= 15 is 0 Å². The number of hydrogen-bond acceptors (Lipinski definition) is 5. The van der Waals surface area contributed by atoms with Crippen molar-refractivity contribution in [3.63, 3.8) is 0 Å². The van der Waals surface area contributed by atoms with E-state index in [4.69, 9.17) is 4.74 Å². The predicted octanol–water partition coefficient (Wildman–Crippen LogP) is 2.09. The molecule has 3 aliphatic carbocycles. The highest BCUT2D eigenvalue weighted by Gasteiger charge is 2.65. The van der Waals surface area contributed by atoms with E-state index in [1.54, 1.807) is 12.3 Å². The summed E-state index contributed by atoms with van der Waals surface area (Å²) in [5.74, 6) is 2.46. The van der Waals surface area contributed by atoms with Gasteiger partial charge in [-0.1, -0.05) is 0 Å². The first kappa shape index (κ1) is 13.2. The second kappa shape index (κ2) is 4.80. The summed E-state index contributed by atoms with van der Waals surface area (Å²) in [5.41, 5.74) is 0.334. The normalized spacial score (nSPS) is 35.4. The van der Waals surface area contributed by atoms with Gasteiger partial charge in [0.2, 0.25) is 5.01 Å². The van der Waals surface area contributed by atoms with Crippen LogP contribution in [0.15, 0.2) is 5.38 Å². The van der Waals surface area contributed by atoms with Gasteiger partial charge in [0, 0.05) is 11.4 Å². The van der Waals surface area contributed by atoms with Gasteiger partial charge in [0.15, 0.2) is 0 Å². The van der Waals surface area contributed by atoms with Gasteiger partial charge in [-0.3, -0.25) is 4.79 Å². The van der Waals surface area contributed by atoms with Crippen LogP contribution < -0.4 is 5.32 Å². The van der Waals surface area contributed by atoms with E-state index in [9.17, 15) is 9.59 Å². The Morgan fingerprint density at radius 1 is 1.38 bits per heavy atom. The van der Waals surface area contributed by atoms with E-state index in [1.807, 2.05) is 0 Å². The lowest BCUT2D eigenvalue weighted by Gasteiger charge is -2.09. The van der Waals surface area contributed by atoms with Crippen molar-refractivity contribution in [2.45, 2.75) is 32.2 Å². The van der Waals surface area contributed by atoms with Crippen molar-refractivity contribution in [1.82, 2.24) is 10.3 Å². The average Bonchev–Trinajstić information content (AvgIpc) is 2.95. The van der Waals surface area contributed by atoms with Gasteiger partial charge >= 0.3 is 5.97 Å². The Labute approximate surface area is 127 Å². The second-order valence-electron chi connectivity index (χ2n) is 6.25. The minimum atomic E-state index is -0.456. The lowest BCUT2D eigenvalue weighted by atomic mass is 10.0. The van der Waals surface area contributed by atoms with Gasteiger partial charge in [0.1, 0.15) is 5.69 Å². The third kappa shape index (κ3) is 2.08. The highest BCUT2D eigenvalue weighted by Crippen LogP contribution is 2.65. The standard InChI is InChI=1S/C15H18N2O3S/c1-2-20-15(19)14-16-9(6-21-14)13(18)17-12-10-7-3-4-8(5-7)11(10)12/h6-8,10-12H,2-5H2,1H3,(H,17,18). The lowest BCUT2D eigenvalue weighted by Crippen LogP contribution is -2.30. The number of rotatable bonds is 4. The van der Waals surface area contributed by atoms with Crippen molar-refractivity contribution < 1.29 is 14.3 Å². The maximum atomic E-state index is 12.2. The van der Waals surface area contributed by atoms with E-state index in [0.29, 0.717) is 30.2 Å². The first-order chi connectivity index (χ1) is 10.2. The van der Waals surface area contributed by atoms with Gasteiger partial charge in [-0.05, 0) is 49.9 Å². The van der Waals surface area contributed by atoms with Crippen LogP contribution in [-0.4, -0.2) is 29.5 Å². The zero-order chi connectivity index (χ0) is 14.6. The fourth-order valence-electron chi connectivity index (χ4n) is 4.41. The molecule has 0 saturated heterocycles. The van der Waals surface area contributed by atoms with Gasteiger partial charge in [-0.15, -0.1) is 11.3 Å². The van der Waals surface area contributed by atoms with Gasteiger partial charge in [-0.25, -0.2) is 9.78 Å². The molecule has 3 saturated carbocycles. The molecule has 0 radical (unpaired) electrons. The summed E-state index contributed by atoms with van der Waals surface area (Å²) in [6.45, 7) is 2.06. The summed E-state index contributed by atoms with van der Waals surface area (Å²) in [5, 5.41) is 4.99. The molecule has 0 spiro atoms. The Balaban J connectivity index is 1.39. The minimum absolute atomic E-state index is 0.152. The summed E-state index contributed by atoms with van der Waals surface area (Å²) in [7, 11) is 0. The maximum absolute atomic E-state index is 12.2. The first-order valence-corrected chi connectivity index (χ1v) is 8.50. The van der Waals surface area contributed by atoms with Crippen LogP contribution in [0.1, 0.15) is 46.5 Å². The highest BCUT2D eigenvalue weighted by molar-refractivity contribution is 7.11. The van der Waals surface area contributed by atoms with Crippen LogP contribution in [0.25, 0.3) is 0 Å². The molecule has 3 aliphatic rings. The number of carbonyl (C=O) groups excluding carboxylic acids is 2. The number of ether oxygens (including phenoxy) is 1. The van der Waals surface area contributed by atoms with Crippen molar-refractivity contribution in [2.24, 2.45) is 23.7 Å². The van der Waals surface area contributed by atoms with Crippen LogP contribution >= 0.6 is 11.3 Å². The summed E-state index contributed by atoms with van der Waals surface area (Å²) in [6.07, 6.45) is 4.04. The van der Waals surface area contributed by atoms with Crippen molar-refractivity contribution >= 4 is 23.2 Å². The van der Waals surface area contributed by atoms with Gasteiger partial charge in [-0.2, -0.15) is 0 Å². The number of carbonyl (C=O) groups is 2. The molecule has 112 valence electrons. The van der Waals surface area contributed by atoms with Crippen LogP contribution in [0, 0.1) is 23.7 Å². The lowest BCUT2D eigenvalue weighted by molar-refractivity contribution is 0.0526. The molecule has 21 heavy (non-hydrogen) atoms. The van der Waals surface area contributed by atoms with Crippen LogP contribution in [-0.2, 0) is 4.74 Å². The largest absolute Gasteiger partial charge is 0.461 e. The smallest absolute Gasteiger partial charge is 0.367 e. The number of amides is 1. The molecule has 0 aliphatic heterocycles. The van der Waals surface area contributed by atoms with Gasteiger partial charge in [0.25, 0.3) is 5.91 Å². The molecule has 6 heteroatoms. The first-order valence-electron chi connectivity index (χ1n) is 7.62. The molecule has 4 rings (SSSR count). The Morgan fingerprint density at radius 3 is 2.76 bits per heavy atom. The summed E-state index contributed by atoms with van der Waals surface area (Å²) in [6, 6.07) is 0.344. The predicted molar refractivity (Wildman–Crippen MR) is 77.1 cm³/mol. The molecule has 1 N–H and O–H groups in total. The van der Waals surface area contributed by atoms with Crippen molar-refractivity contribution in [3.8, 4) is 0 Å². The van der Waals surface area contributed by atoms with E-state index < -0.39 is 5.97 Å². The molecule has 1 aromatic heterocycles. The number of hydrogen-bond donors (Lipinski definition) is 1. The molecule has 3 fully saturated rings. The Hall–Kier alpha value is -1.43. The zero-order valence-electron chi connectivity index (χ0n) is 11.9. The van der Waals surface area contributed by atoms with Crippen LogP contribution in [0.5, 0.6) is 0 Å². The number of aromatic nitrogens is 1. The fraction of sp³-hybridized carbons (Fsp3) is 0.667. The Kier molecular flexibility index (Phi) is 3.03. The highest BCUT2D eigenvalue weighted by atomic mass is 32.1. The summed E-state index contributed by atoms with van der Waals surface area (Å²) < 4.78 is 4.89. The van der Waals surface area contributed by atoms with Gasteiger partial charge in [0.05, 0.1) is 6.61 Å². The molecular weight excluding hydrogens is 288 g/mol. The van der Waals surface area contributed by atoms with Crippen molar-refractivity contribution in [2.75, 3.05) is 6.61 Å². The summed E-state index contributed by atoms with van der Waals surface area (Å²) in [4.78, 5) is 27.9. The Morgan fingerprint density at radius 2 is 2.10 bits per heavy atom. The SMILES string of the molecule is CCOC(=O)c1nc(C(=O)NC2C3C4CCC(C4)C23)cs1. The second-order valence-corrected chi connectivity index (χ2v) is 7.10.